The van der Waals surface area contributed by atoms with Crippen molar-refractivity contribution in [2.75, 3.05) is 18.5 Å². The van der Waals surface area contributed by atoms with Crippen LogP contribution in [0.2, 0.25) is 0 Å². The second-order valence-corrected chi connectivity index (χ2v) is 5.39. The van der Waals surface area contributed by atoms with Crippen molar-refractivity contribution >= 4 is 17.4 Å². The van der Waals surface area contributed by atoms with Gasteiger partial charge in [-0.1, -0.05) is 6.42 Å². The lowest BCUT2D eigenvalue weighted by molar-refractivity contribution is -0.385. The molecule has 1 saturated carbocycles. The second-order valence-electron chi connectivity index (χ2n) is 5.39. The van der Waals surface area contributed by atoms with Crippen molar-refractivity contribution in [2.24, 2.45) is 11.1 Å². The number of carbonyl (C=O) groups excluding carboxylic acids is 1. The molecule has 1 aliphatic carbocycles. The number of pyridine rings is 1. The van der Waals surface area contributed by atoms with E-state index in [0.717, 1.165) is 31.5 Å². The van der Waals surface area contributed by atoms with Crippen molar-refractivity contribution in [3.63, 3.8) is 0 Å². The number of anilines is 1. The lowest BCUT2D eigenvalue weighted by Crippen LogP contribution is -2.38. The van der Waals surface area contributed by atoms with E-state index in [4.69, 9.17) is 10.8 Å². The summed E-state index contributed by atoms with van der Waals surface area (Å²) in [4.78, 5) is 25.4. The fourth-order valence-corrected chi connectivity index (χ4v) is 2.58. The number of nitrogens with one attached hydrogen (secondary N) is 1. The molecule has 1 aromatic heterocycles. The van der Waals surface area contributed by atoms with E-state index >= 15 is 0 Å². The summed E-state index contributed by atoms with van der Waals surface area (Å²) in [5.74, 6) is -0.518. The Kier molecular flexibility index (Phi) is 4.37. The van der Waals surface area contributed by atoms with Gasteiger partial charge in [0.2, 0.25) is 0 Å². The van der Waals surface area contributed by atoms with Gasteiger partial charge in [0.25, 0.3) is 11.6 Å². The number of nitrogens with zero attached hydrogens (tertiary/aromatic N) is 2. The summed E-state index contributed by atoms with van der Waals surface area (Å²) in [5, 5.41) is 22.9. The van der Waals surface area contributed by atoms with Crippen molar-refractivity contribution in [2.45, 2.75) is 25.7 Å². The molecule has 114 valence electrons. The van der Waals surface area contributed by atoms with Gasteiger partial charge in [-0.15, -0.1) is 0 Å². The van der Waals surface area contributed by atoms with Crippen LogP contribution in [0.25, 0.3) is 0 Å². The van der Waals surface area contributed by atoms with Gasteiger partial charge in [-0.2, -0.15) is 0 Å². The Labute approximate surface area is 121 Å². The molecule has 0 saturated heterocycles. The maximum absolute atomic E-state index is 11.4. The van der Waals surface area contributed by atoms with Crippen LogP contribution in [-0.4, -0.2) is 34.1 Å². The summed E-state index contributed by atoms with van der Waals surface area (Å²) in [6, 6.07) is 1.12. The van der Waals surface area contributed by atoms with Gasteiger partial charge in [-0.3, -0.25) is 14.9 Å². The van der Waals surface area contributed by atoms with Crippen molar-refractivity contribution in [3.05, 3.63) is 27.9 Å². The van der Waals surface area contributed by atoms with Crippen molar-refractivity contribution in [1.29, 1.82) is 0 Å². The summed E-state index contributed by atoms with van der Waals surface area (Å²) in [7, 11) is 0. The monoisotopic (exact) mass is 294 g/mol. The zero-order chi connectivity index (χ0) is 15.5. The normalized spacial score (nSPS) is 16.0. The van der Waals surface area contributed by atoms with Gasteiger partial charge >= 0.3 is 0 Å². The Morgan fingerprint density at radius 1 is 1.57 bits per heavy atom. The summed E-state index contributed by atoms with van der Waals surface area (Å²) >= 11 is 0. The number of rotatable bonds is 7. The van der Waals surface area contributed by atoms with Crippen molar-refractivity contribution < 1.29 is 14.8 Å². The van der Waals surface area contributed by atoms with E-state index < -0.39 is 10.8 Å². The zero-order valence-corrected chi connectivity index (χ0v) is 11.5. The number of nitrogens with two attached hydrogens (primary N) is 1. The van der Waals surface area contributed by atoms with E-state index in [-0.39, 0.29) is 29.1 Å². The molecule has 1 fully saturated rings. The lowest BCUT2D eigenvalue weighted by Gasteiger charge is -2.42. The number of nitro groups is 1. The first-order valence-corrected chi connectivity index (χ1v) is 6.76. The van der Waals surface area contributed by atoms with E-state index in [0.29, 0.717) is 13.0 Å². The molecule has 0 aliphatic heterocycles. The maximum Gasteiger partial charge on any atom is 0.288 e. The van der Waals surface area contributed by atoms with E-state index in [2.05, 4.69) is 10.3 Å². The topological polar surface area (TPSA) is 131 Å². The third kappa shape index (κ3) is 3.27. The molecule has 8 nitrogen and oxygen atoms in total. The molecule has 0 bridgehead atoms. The molecule has 0 unspecified atom stereocenters. The largest absolute Gasteiger partial charge is 0.396 e. The van der Waals surface area contributed by atoms with Crippen LogP contribution >= 0.6 is 0 Å². The van der Waals surface area contributed by atoms with Crippen LogP contribution in [0, 0.1) is 15.5 Å². The molecular formula is C13H18N4O4. The van der Waals surface area contributed by atoms with E-state index in [1.54, 1.807) is 0 Å². The molecule has 21 heavy (non-hydrogen) atoms. The zero-order valence-electron chi connectivity index (χ0n) is 11.5. The minimum absolute atomic E-state index is 0.00247. The maximum atomic E-state index is 11.4. The Bertz CT molecular complexity index is 557. The molecule has 1 aliphatic rings. The van der Waals surface area contributed by atoms with Gasteiger partial charge in [0.15, 0.2) is 0 Å². The Morgan fingerprint density at radius 3 is 2.76 bits per heavy atom. The third-order valence-corrected chi connectivity index (χ3v) is 4.04. The first kappa shape index (κ1) is 15.2. The molecule has 0 atom stereocenters. The van der Waals surface area contributed by atoms with Crippen LogP contribution in [-0.2, 0) is 0 Å². The number of aliphatic hydroxyl groups is 1. The highest BCUT2D eigenvalue weighted by Crippen LogP contribution is 2.43. The highest BCUT2D eigenvalue weighted by molar-refractivity contribution is 5.98. The van der Waals surface area contributed by atoms with E-state index in [1.165, 1.54) is 0 Å². The molecule has 1 heterocycles. The smallest absolute Gasteiger partial charge is 0.288 e. The number of amides is 1. The Balaban J connectivity index is 2.15. The molecule has 0 radical (unpaired) electrons. The van der Waals surface area contributed by atoms with Crippen LogP contribution in [0.3, 0.4) is 0 Å². The third-order valence-electron chi connectivity index (χ3n) is 4.04. The van der Waals surface area contributed by atoms with Gasteiger partial charge in [-0.05, 0) is 24.7 Å². The van der Waals surface area contributed by atoms with Gasteiger partial charge in [0, 0.05) is 19.2 Å². The minimum atomic E-state index is -0.765. The molecule has 1 aromatic rings. The van der Waals surface area contributed by atoms with Crippen LogP contribution in [0.1, 0.15) is 36.0 Å². The molecule has 2 rings (SSSR count). The number of primary amides is 1. The SMILES string of the molecule is NC(=O)c1cc([N+](=O)[O-])cnc1NCC1(CCO)CCC1. The molecule has 0 aromatic carbocycles. The summed E-state index contributed by atoms with van der Waals surface area (Å²) < 4.78 is 0. The highest BCUT2D eigenvalue weighted by Gasteiger charge is 2.36. The average Bonchev–Trinajstić information content (AvgIpc) is 2.41. The van der Waals surface area contributed by atoms with Crippen molar-refractivity contribution in [1.82, 2.24) is 4.98 Å². The van der Waals surface area contributed by atoms with Gasteiger partial charge in [0.1, 0.15) is 12.0 Å². The number of aliphatic hydroxyl groups excluding tert-OH is 1. The predicted octanol–water partition coefficient (Wildman–Crippen LogP) is 1.05. The average molecular weight is 294 g/mol. The quantitative estimate of drug-likeness (QED) is 0.509. The fourth-order valence-electron chi connectivity index (χ4n) is 2.58. The van der Waals surface area contributed by atoms with Gasteiger partial charge in [0.05, 0.1) is 10.5 Å². The molecule has 8 heteroatoms. The molecule has 0 spiro atoms. The van der Waals surface area contributed by atoms with Gasteiger partial charge in [-0.25, -0.2) is 4.98 Å². The number of carbonyl (C=O) groups is 1. The van der Waals surface area contributed by atoms with E-state index in [1.807, 2.05) is 0 Å². The molecule has 4 N–H and O–H groups in total. The summed E-state index contributed by atoms with van der Waals surface area (Å²) in [6.45, 7) is 0.663. The first-order chi connectivity index (χ1) is 9.97. The standard InChI is InChI=1S/C13H18N4O4/c14-11(19)10-6-9(17(20)21)7-15-12(10)16-8-13(4-5-18)2-1-3-13/h6-7,18H,1-5,8H2,(H2,14,19)(H,15,16). The van der Waals surface area contributed by atoms with Crippen molar-refractivity contribution in [3.8, 4) is 0 Å². The molecule has 1 amide bonds. The summed E-state index contributed by atoms with van der Waals surface area (Å²) in [6.07, 6.45) is 4.88. The van der Waals surface area contributed by atoms with Crippen LogP contribution in [0.4, 0.5) is 11.5 Å². The van der Waals surface area contributed by atoms with Crippen LogP contribution < -0.4 is 11.1 Å². The number of hydrogen-bond donors (Lipinski definition) is 3. The Hall–Kier alpha value is -2.22. The lowest BCUT2D eigenvalue weighted by atomic mass is 9.67. The summed E-state index contributed by atoms with van der Waals surface area (Å²) in [5.41, 5.74) is 4.98. The predicted molar refractivity (Wildman–Crippen MR) is 75.9 cm³/mol. The van der Waals surface area contributed by atoms with Crippen LogP contribution in [0.5, 0.6) is 0 Å². The minimum Gasteiger partial charge on any atom is -0.396 e. The first-order valence-electron chi connectivity index (χ1n) is 6.76. The molecular weight excluding hydrogens is 276 g/mol. The van der Waals surface area contributed by atoms with Crippen LogP contribution in [0.15, 0.2) is 12.3 Å². The fraction of sp³-hybridized carbons (Fsp3) is 0.538. The highest BCUT2D eigenvalue weighted by atomic mass is 16.6. The second kappa shape index (κ2) is 6.04. The Morgan fingerprint density at radius 2 is 2.29 bits per heavy atom. The van der Waals surface area contributed by atoms with Gasteiger partial charge < -0.3 is 16.2 Å². The number of hydrogen-bond acceptors (Lipinski definition) is 6. The number of aromatic nitrogens is 1. The van der Waals surface area contributed by atoms with E-state index in [9.17, 15) is 14.9 Å².